The molecule has 0 fully saturated rings. The van der Waals surface area contributed by atoms with E-state index in [1.165, 1.54) is 5.56 Å². The molecule has 6 nitrogen and oxygen atoms in total. The number of benzene rings is 2. The summed E-state index contributed by atoms with van der Waals surface area (Å²) in [6.07, 6.45) is 2.74. The van der Waals surface area contributed by atoms with Gasteiger partial charge in [0.25, 0.3) is 0 Å². The maximum atomic E-state index is 6.41. The van der Waals surface area contributed by atoms with Crippen molar-refractivity contribution in [2.24, 2.45) is 0 Å². The third-order valence-corrected chi connectivity index (χ3v) is 6.10. The van der Waals surface area contributed by atoms with E-state index in [9.17, 15) is 0 Å². The Morgan fingerprint density at radius 1 is 1.16 bits per heavy atom. The molecule has 0 amide bonds. The van der Waals surface area contributed by atoms with Gasteiger partial charge in [-0.05, 0) is 59.7 Å². The lowest BCUT2D eigenvalue weighted by Gasteiger charge is -2.17. The summed E-state index contributed by atoms with van der Waals surface area (Å²) in [5, 5.41) is 8.64. The van der Waals surface area contributed by atoms with Crippen LogP contribution in [0.1, 0.15) is 12.0 Å². The van der Waals surface area contributed by atoms with E-state index in [0.717, 1.165) is 59.0 Å². The number of aromatic nitrogens is 3. The lowest BCUT2D eigenvalue weighted by Crippen LogP contribution is -2.21. The van der Waals surface area contributed by atoms with Crippen molar-refractivity contribution in [1.29, 1.82) is 0 Å². The quantitative estimate of drug-likeness (QED) is 0.288. The van der Waals surface area contributed by atoms with Crippen LogP contribution in [0.3, 0.4) is 0 Å². The minimum absolute atomic E-state index is 0.672. The molecule has 4 aromatic rings. The summed E-state index contributed by atoms with van der Waals surface area (Å²) >= 11 is 9.96. The number of methoxy groups -OCH3 is 1. The van der Waals surface area contributed by atoms with E-state index in [2.05, 4.69) is 50.4 Å². The standard InChI is InChI=1S/C24H25BrClN5O/c1-30(16-17-8-10-18(32-2)11-9-17)13-5-12-27-23-14-22(19-6-3-4-7-21(19)26)29-24-20(25)15-28-31(23)24/h3-4,6-11,14-15,27H,5,12-13,16H2,1-2H3. The molecule has 1 N–H and O–H groups in total. The largest absolute Gasteiger partial charge is 0.497 e. The maximum absolute atomic E-state index is 6.41. The Morgan fingerprint density at radius 2 is 1.94 bits per heavy atom. The van der Waals surface area contributed by atoms with Gasteiger partial charge in [-0.15, -0.1) is 0 Å². The number of anilines is 1. The fourth-order valence-electron chi connectivity index (χ4n) is 3.56. The summed E-state index contributed by atoms with van der Waals surface area (Å²) in [5.74, 6) is 1.76. The topological polar surface area (TPSA) is 54.7 Å². The fourth-order valence-corrected chi connectivity index (χ4v) is 4.14. The predicted molar refractivity (Wildman–Crippen MR) is 134 cm³/mol. The van der Waals surface area contributed by atoms with E-state index in [0.29, 0.717) is 5.02 Å². The molecule has 0 unspecified atom stereocenters. The van der Waals surface area contributed by atoms with Crippen molar-refractivity contribution in [1.82, 2.24) is 19.5 Å². The Morgan fingerprint density at radius 3 is 2.69 bits per heavy atom. The first-order chi connectivity index (χ1) is 15.5. The van der Waals surface area contributed by atoms with Gasteiger partial charge in [0.15, 0.2) is 5.65 Å². The second-order valence-electron chi connectivity index (χ2n) is 7.60. The van der Waals surface area contributed by atoms with Crippen molar-refractivity contribution in [2.75, 3.05) is 32.6 Å². The number of nitrogens with one attached hydrogen (secondary N) is 1. The number of nitrogens with zero attached hydrogens (tertiary/aromatic N) is 4. The molecular weight excluding hydrogens is 490 g/mol. The smallest absolute Gasteiger partial charge is 0.172 e. The first-order valence-electron chi connectivity index (χ1n) is 10.4. The van der Waals surface area contributed by atoms with E-state index >= 15 is 0 Å². The molecule has 4 rings (SSSR count). The van der Waals surface area contributed by atoms with Crippen LogP contribution in [0.4, 0.5) is 5.82 Å². The average Bonchev–Trinajstić information content (AvgIpc) is 3.18. The van der Waals surface area contributed by atoms with Crippen LogP contribution in [-0.2, 0) is 6.54 Å². The van der Waals surface area contributed by atoms with Crippen LogP contribution in [0, 0.1) is 0 Å². The van der Waals surface area contributed by atoms with E-state index in [1.807, 2.05) is 47.0 Å². The Bertz CT molecular complexity index is 1190. The molecule has 32 heavy (non-hydrogen) atoms. The zero-order valence-electron chi connectivity index (χ0n) is 18.1. The van der Waals surface area contributed by atoms with E-state index in [1.54, 1.807) is 13.3 Å². The molecule has 0 bridgehead atoms. The predicted octanol–water partition coefficient (Wildman–Crippen LogP) is 5.75. The van der Waals surface area contributed by atoms with Crippen LogP contribution in [0.5, 0.6) is 5.75 Å². The van der Waals surface area contributed by atoms with Crippen LogP contribution in [0.25, 0.3) is 16.9 Å². The van der Waals surface area contributed by atoms with Crippen molar-refractivity contribution in [2.45, 2.75) is 13.0 Å². The van der Waals surface area contributed by atoms with Crippen molar-refractivity contribution < 1.29 is 4.74 Å². The molecule has 0 atom stereocenters. The average molecular weight is 515 g/mol. The summed E-state index contributed by atoms with van der Waals surface area (Å²) in [7, 11) is 3.82. The van der Waals surface area contributed by atoms with Gasteiger partial charge in [-0.2, -0.15) is 9.61 Å². The molecule has 8 heteroatoms. The molecule has 0 aliphatic rings. The molecular formula is C24H25BrClN5O. The monoisotopic (exact) mass is 513 g/mol. The van der Waals surface area contributed by atoms with Crippen LogP contribution in [0.15, 0.2) is 65.3 Å². The number of ether oxygens (including phenoxy) is 1. The number of fused-ring (bicyclic) bond motifs is 1. The second kappa shape index (κ2) is 10.3. The third-order valence-electron chi connectivity index (χ3n) is 5.21. The molecule has 0 saturated heterocycles. The van der Waals surface area contributed by atoms with Crippen LogP contribution in [0.2, 0.25) is 5.02 Å². The summed E-state index contributed by atoms with van der Waals surface area (Å²) in [4.78, 5) is 7.06. The Hall–Kier alpha value is -2.61. The molecule has 0 aliphatic carbocycles. The molecule has 0 spiro atoms. The minimum atomic E-state index is 0.672. The number of hydrogen-bond acceptors (Lipinski definition) is 5. The van der Waals surface area contributed by atoms with Gasteiger partial charge in [-0.3, -0.25) is 0 Å². The van der Waals surface area contributed by atoms with Gasteiger partial charge in [0.05, 0.1) is 23.5 Å². The van der Waals surface area contributed by atoms with E-state index in [4.69, 9.17) is 21.3 Å². The van der Waals surface area contributed by atoms with Gasteiger partial charge >= 0.3 is 0 Å². The highest BCUT2D eigenvalue weighted by atomic mass is 79.9. The van der Waals surface area contributed by atoms with Crippen molar-refractivity contribution in [3.05, 3.63) is 75.9 Å². The third kappa shape index (κ3) is 5.23. The molecule has 0 saturated carbocycles. The van der Waals surface area contributed by atoms with Crippen molar-refractivity contribution in [3.63, 3.8) is 0 Å². The molecule has 166 valence electrons. The summed E-state index contributed by atoms with van der Waals surface area (Å²) in [5.41, 5.74) is 3.72. The van der Waals surface area contributed by atoms with Crippen LogP contribution in [-0.4, -0.2) is 46.7 Å². The Balaban J connectivity index is 1.41. The second-order valence-corrected chi connectivity index (χ2v) is 8.86. The van der Waals surface area contributed by atoms with Gasteiger partial charge in [0.1, 0.15) is 11.6 Å². The van der Waals surface area contributed by atoms with E-state index < -0.39 is 0 Å². The SMILES string of the molecule is COc1ccc(CN(C)CCCNc2cc(-c3ccccc3Cl)nc3c(Br)cnn23)cc1. The van der Waals surface area contributed by atoms with Crippen molar-refractivity contribution in [3.8, 4) is 17.0 Å². The van der Waals surface area contributed by atoms with E-state index in [-0.39, 0.29) is 0 Å². The van der Waals surface area contributed by atoms with Gasteiger partial charge in [-0.1, -0.05) is 41.9 Å². The number of rotatable bonds is 9. The molecule has 0 radical (unpaired) electrons. The van der Waals surface area contributed by atoms with Crippen molar-refractivity contribution >= 4 is 39.0 Å². The highest BCUT2D eigenvalue weighted by molar-refractivity contribution is 9.10. The normalized spacial score (nSPS) is 11.3. The van der Waals surface area contributed by atoms with Gasteiger partial charge in [-0.25, -0.2) is 4.98 Å². The molecule has 2 aromatic heterocycles. The summed E-state index contributed by atoms with van der Waals surface area (Å²) in [6, 6.07) is 17.9. The summed E-state index contributed by atoms with van der Waals surface area (Å²) < 4.78 is 7.88. The Kier molecular flexibility index (Phi) is 7.29. The molecule has 2 heterocycles. The highest BCUT2D eigenvalue weighted by Gasteiger charge is 2.13. The van der Waals surface area contributed by atoms with Crippen LogP contribution >= 0.6 is 27.5 Å². The lowest BCUT2D eigenvalue weighted by atomic mass is 10.1. The summed E-state index contributed by atoms with van der Waals surface area (Å²) in [6.45, 7) is 2.67. The van der Waals surface area contributed by atoms with Crippen LogP contribution < -0.4 is 10.1 Å². The first kappa shape index (κ1) is 22.6. The highest BCUT2D eigenvalue weighted by Crippen LogP contribution is 2.30. The fraction of sp³-hybridized carbons (Fsp3) is 0.250. The van der Waals surface area contributed by atoms with Gasteiger partial charge < -0.3 is 15.0 Å². The van der Waals surface area contributed by atoms with Gasteiger partial charge in [0, 0.05) is 29.7 Å². The zero-order valence-corrected chi connectivity index (χ0v) is 20.4. The minimum Gasteiger partial charge on any atom is -0.497 e. The first-order valence-corrected chi connectivity index (χ1v) is 11.6. The lowest BCUT2D eigenvalue weighted by molar-refractivity contribution is 0.325. The molecule has 0 aliphatic heterocycles. The number of hydrogen-bond donors (Lipinski definition) is 1. The maximum Gasteiger partial charge on any atom is 0.172 e. The zero-order chi connectivity index (χ0) is 22.5. The molecule has 2 aromatic carbocycles. The van der Waals surface area contributed by atoms with Gasteiger partial charge in [0.2, 0.25) is 0 Å². The number of halogens is 2. The Labute approximate surface area is 201 Å².